The van der Waals surface area contributed by atoms with Crippen molar-refractivity contribution in [3.05, 3.63) is 24.3 Å². The molecule has 6 nitrogen and oxygen atoms in total. The van der Waals surface area contributed by atoms with Crippen molar-refractivity contribution in [2.24, 2.45) is 0 Å². The number of carbonyl (C=O) groups excluding carboxylic acids is 2. The molecule has 0 saturated carbocycles. The molecular formula is C67H129NO5. The second-order valence-corrected chi connectivity index (χ2v) is 22.8. The Hall–Kier alpha value is -1.66. The molecule has 6 heteroatoms. The molecule has 0 fully saturated rings. The van der Waals surface area contributed by atoms with Gasteiger partial charge in [0.1, 0.15) is 0 Å². The van der Waals surface area contributed by atoms with Gasteiger partial charge in [0.05, 0.1) is 25.4 Å². The molecule has 2 atom stereocenters. The first-order chi connectivity index (χ1) is 36.0. The van der Waals surface area contributed by atoms with Gasteiger partial charge in [-0.3, -0.25) is 9.59 Å². The number of allylic oxidation sites excluding steroid dienone is 3. The van der Waals surface area contributed by atoms with Gasteiger partial charge in [-0.1, -0.05) is 321 Å². The average Bonchev–Trinajstić information content (AvgIpc) is 3.39. The number of hydrogen-bond donors (Lipinski definition) is 3. The van der Waals surface area contributed by atoms with Crippen LogP contribution in [0.4, 0.5) is 0 Å². The third-order valence-corrected chi connectivity index (χ3v) is 15.5. The van der Waals surface area contributed by atoms with Crippen molar-refractivity contribution in [2.75, 3.05) is 13.2 Å². The summed E-state index contributed by atoms with van der Waals surface area (Å²) in [5.74, 6) is -0.0496. The molecule has 0 aromatic heterocycles. The molecule has 0 rings (SSSR count). The fraction of sp³-hybridized carbons (Fsp3) is 0.910. The van der Waals surface area contributed by atoms with Gasteiger partial charge in [0, 0.05) is 12.8 Å². The molecule has 0 aliphatic heterocycles. The number of ether oxygens (including phenoxy) is 1. The van der Waals surface area contributed by atoms with Crippen molar-refractivity contribution in [3.63, 3.8) is 0 Å². The molecule has 0 aliphatic rings. The van der Waals surface area contributed by atoms with Gasteiger partial charge in [-0.25, -0.2) is 0 Å². The summed E-state index contributed by atoms with van der Waals surface area (Å²) in [4.78, 5) is 24.6. The molecule has 0 aromatic carbocycles. The van der Waals surface area contributed by atoms with E-state index in [4.69, 9.17) is 4.74 Å². The number of carbonyl (C=O) groups is 2. The number of aliphatic hydroxyl groups excluding tert-OH is 2. The number of amides is 1. The molecule has 0 radical (unpaired) electrons. The standard InChI is InChI=1S/C67H129NO5/c1-3-5-7-9-11-13-15-17-18-19-27-31-34-37-41-45-49-53-57-61-67(72)73-62-58-54-50-46-42-38-35-32-29-26-24-22-20-21-23-25-28-30-33-36-40-44-48-52-56-60-66(71)68-64(63-69)65(70)59-55-51-47-43-39-16-14-12-10-8-6-4-2/h17-18,55,59,64-65,69-70H,3-16,19-54,56-58,60-63H2,1-2H3,(H,68,71)/b18-17-,59-55+. The number of nitrogens with one attached hydrogen (secondary N) is 1. The van der Waals surface area contributed by atoms with Crippen molar-refractivity contribution < 1.29 is 24.5 Å². The van der Waals surface area contributed by atoms with E-state index >= 15 is 0 Å². The Bertz CT molecular complexity index is 1140. The Morgan fingerprint density at radius 3 is 0.973 bits per heavy atom. The van der Waals surface area contributed by atoms with Crippen LogP contribution in [0.15, 0.2) is 24.3 Å². The van der Waals surface area contributed by atoms with Crippen LogP contribution in [0, 0.1) is 0 Å². The highest BCUT2D eigenvalue weighted by atomic mass is 16.5. The minimum absolute atomic E-state index is 0.0160. The van der Waals surface area contributed by atoms with E-state index in [0.717, 1.165) is 38.5 Å². The fourth-order valence-electron chi connectivity index (χ4n) is 10.4. The van der Waals surface area contributed by atoms with Gasteiger partial charge in [-0.2, -0.15) is 0 Å². The highest BCUT2D eigenvalue weighted by Crippen LogP contribution is 2.18. The largest absolute Gasteiger partial charge is 0.466 e. The van der Waals surface area contributed by atoms with E-state index in [0.29, 0.717) is 19.4 Å². The lowest BCUT2D eigenvalue weighted by Gasteiger charge is -2.20. The summed E-state index contributed by atoms with van der Waals surface area (Å²) in [6.45, 7) is 4.92. The first kappa shape index (κ1) is 71.3. The summed E-state index contributed by atoms with van der Waals surface area (Å²) in [6.07, 6.45) is 78.1. The van der Waals surface area contributed by atoms with Crippen LogP contribution in [0.25, 0.3) is 0 Å². The molecule has 432 valence electrons. The minimum Gasteiger partial charge on any atom is -0.466 e. The second-order valence-electron chi connectivity index (χ2n) is 22.8. The fourth-order valence-corrected chi connectivity index (χ4v) is 10.4. The maximum Gasteiger partial charge on any atom is 0.305 e. The summed E-state index contributed by atoms with van der Waals surface area (Å²) >= 11 is 0. The minimum atomic E-state index is -0.842. The van der Waals surface area contributed by atoms with Gasteiger partial charge in [0.2, 0.25) is 5.91 Å². The first-order valence-electron chi connectivity index (χ1n) is 33.1. The van der Waals surface area contributed by atoms with Gasteiger partial charge in [0.15, 0.2) is 0 Å². The van der Waals surface area contributed by atoms with E-state index in [-0.39, 0.29) is 18.5 Å². The molecule has 0 aliphatic carbocycles. The van der Waals surface area contributed by atoms with E-state index < -0.39 is 12.1 Å². The summed E-state index contributed by atoms with van der Waals surface area (Å²) in [5, 5.41) is 23.1. The lowest BCUT2D eigenvalue weighted by atomic mass is 10.0. The van der Waals surface area contributed by atoms with Crippen LogP contribution in [-0.4, -0.2) is 47.4 Å². The summed E-state index contributed by atoms with van der Waals surface area (Å²) in [6, 6.07) is -0.625. The van der Waals surface area contributed by atoms with E-state index in [1.807, 2.05) is 6.08 Å². The predicted molar refractivity (Wildman–Crippen MR) is 320 cm³/mol. The van der Waals surface area contributed by atoms with Crippen LogP contribution >= 0.6 is 0 Å². The zero-order chi connectivity index (χ0) is 52.9. The molecule has 0 heterocycles. The molecule has 0 aromatic rings. The van der Waals surface area contributed by atoms with Crippen molar-refractivity contribution in [1.29, 1.82) is 0 Å². The lowest BCUT2D eigenvalue weighted by molar-refractivity contribution is -0.143. The lowest BCUT2D eigenvalue weighted by Crippen LogP contribution is -2.45. The predicted octanol–water partition coefficient (Wildman–Crippen LogP) is 21.0. The van der Waals surface area contributed by atoms with E-state index in [1.165, 1.54) is 302 Å². The van der Waals surface area contributed by atoms with Gasteiger partial charge in [-0.15, -0.1) is 0 Å². The molecule has 0 saturated heterocycles. The third-order valence-electron chi connectivity index (χ3n) is 15.5. The van der Waals surface area contributed by atoms with E-state index in [2.05, 4.69) is 31.3 Å². The second kappa shape index (κ2) is 62.9. The Kier molecular flexibility index (Phi) is 61.4. The van der Waals surface area contributed by atoms with Gasteiger partial charge >= 0.3 is 5.97 Å². The van der Waals surface area contributed by atoms with Crippen molar-refractivity contribution in [2.45, 2.75) is 379 Å². The Balaban J connectivity index is 3.34. The number of esters is 1. The normalized spacial score (nSPS) is 12.7. The Morgan fingerprint density at radius 1 is 0.370 bits per heavy atom. The molecule has 73 heavy (non-hydrogen) atoms. The topological polar surface area (TPSA) is 95.9 Å². The summed E-state index contributed by atoms with van der Waals surface area (Å²) in [7, 11) is 0. The monoisotopic (exact) mass is 1030 g/mol. The first-order valence-corrected chi connectivity index (χ1v) is 33.1. The molecule has 0 bridgehead atoms. The molecular weight excluding hydrogens is 899 g/mol. The molecule has 0 spiro atoms. The number of rotatable bonds is 62. The van der Waals surface area contributed by atoms with Crippen LogP contribution in [0.5, 0.6) is 0 Å². The van der Waals surface area contributed by atoms with Crippen molar-refractivity contribution >= 4 is 11.9 Å². The summed E-state index contributed by atoms with van der Waals surface area (Å²) in [5.41, 5.74) is 0. The zero-order valence-electron chi connectivity index (χ0n) is 49.4. The Labute approximate surface area is 456 Å². The number of unbranched alkanes of at least 4 members (excludes halogenated alkanes) is 49. The smallest absolute Gasteiger partial charge is 0.305 e. The van der Waals surface area contributed by atoms with E-state index in [9.17, 15) is 19.8 Å². The Morgan fingerprint density at radius 2 is 0.644 bits per heavy atom. The van der Waals surface area contributed by atoms with Crippen LogP contribution in [-0.2, 0) is 14.3 Å². The van der Waals surface area contributed by atoms with Crippen LogP contribution in [0.1, 0.15) is 367 Å². The maximum absolute atomic E-state index is 12.4. The zero-order valence-corrected chi connectivity index (χ0v) is 49.4. The van der Waals surface area contributed by atoms with Gasteiger partial charge in [-0.05, 0) is 57.8 Å². The van der Waals surface area contributed by atoms with Crippen LogP contribution in [0.3, 0.4) is 0 Å². The molecule has 1 amide bonds. The average molecular weight is 1030 g/mol. The van der Waals surface area contributed by atoms with E-state index in [1.54, 1.807) is 6.08 Å². The molecule has 2 unspecified atom stereocenters. The SMILES string of the molecule is CCCCCCCC/C=C\CCCCCCCCCCCC(=O)OCCCCCCCCCCCCCCCCCCCCCCCCCCCC(=O)NC(CO)C(O)/C=C/CCCCCCCCCCCC. The number of hydrogen-bond acceptors (Lipinski definition) is 5. The highest BCUT2D eigenvalue weighted by Gasteiger charge is 2.18. The molecule has 3 N–H and O–H groups in total. The van der Waals surface area contributed by atoms with Gasteiger partial charge < -0.3 is 20.3 Å². The third kappa shape index (κ3) is 59.4. The quantitative estimate of drug-likeness (QED) is 0.0320. The number of aliphatic hydroxyl groups is 2. The van der Waals surface area contributed by atoms with Crippen molar-refractivity contribution in [1.82, 2.24) is 5.32 Å². The van der Waals surface area contributed by atoms with Crippen LogP contribution in [0.2, 0.25) is 0 Å². The van der Waals surface area contributed by atoms with Crippen LogP contribution < -0.4 is 5.32 Å². The highest BCUT2D eigenvalue weighted by molar-refractivity contribution is 5.76. The maximum atomic E-state index is 12.4. The van der Waals surface area contributed by atoms with Crippen molar-refractivity contribution in [3.8, 4) is 0 Å². The summed E-state index contributed by atoms with van der Waals surface area (Å²) < 4.78 is 5.51. The van der Waals surface area contributed by atoms with Gasteiger partial charge in [0.25, 0.3) is 0 Å².